The number of benzene rings is 3. The van der Waals surface area contributed by atoms with Gasteiger partial charge >= 0.3 is 0 Å². The second-order valence-corrected chi connectivity index (χ2v) is 12.6. The molecule has 2 heterocycles. The van der Waals surface area contributed by atoms with Crippen molar-refractivity contribution >= 4 is 38.0 Å². The van der Waals surface area contributed by atoms with Crippen molar-refractivity contribution < 1.29 is 13.2 Å². The number of hydrogen-bond donors (Lipinski definition) is 0. The van der Waals surface area contributed by atoms with E-state index < -0.39 is 10.0 Å². The Hall–Kier alpha value is -3.00. The van der Waals surface area contributed by atoms with Crippen molar-refractivity contribution in [3.05, 3.63) is 99.7 Å². The summed E-state index contributed by atoms with van der Waals surface area (Å²) in [6.07, 6.45) is 2.32. The van der Waals surface area contributed by atoms with E-state index in [1.165, 1.54) is 9.18 Å². The van der Waals surface area contributed by atoms with Crippen molar-refractivity contribution in [2.24, 2.45) is 0 Å². The Morgan fingerprint density at radius 1 is 1.03 bits per heavy atom. The number of nitrogens with zero attached hydrogens (tertiary/aromatic N) is 2. The highest BCUT2D eigenvalue weighted by atomic mass is 32.2. The molecule has 5 nitrogen and oxygen atoms in total. The molecule has 0 fully saturated rings. The minimum atomic E-state index is -3.85. The van der Waals surface area contributed by atoms with Crippen LogP contribution in [-0.2, 0) is 21.2 Å². The predicted octanol–water partition coefficient (Wildman–Crippen LogP) is 6.17. The summed E-state index contributed by atoms with van der Waals surface area (Å²) in [6, 6.07) is 23.1. The number of aryl methyl sites for hydroxylation is 1. The molecule has 0 spiro atoms. The minimum Gasteiger partial charge on any atom is -0.330 e. The number of thiophene rings is 1. The Morgan fingerprint density at radius 3 is 2.54 bits per heavy atom. The molecule has 0 N–H and O–H groups in total. The molecule has 4 aromatic rings. The van der Waals surface area contributed by atoms with Gasteiger partial charge in [-0.25, -0.2) is 8.42 Å². The van der Waals surface area contributed by atoms with Crippen LogP contribution in [0.4, 0.5) is 0 Å². The zero-order chi connectivity index (χ0) is 26.0. The van der Waals surface area contributed by atoms with Crippen LogP contribution in [0.15, 0.2) is 83.1 Å². The average molecular weight is 533 g/mol. The molecule has 37 heavy (non-hydrogen) atoms. The van der Waals surface area contributed by atoms with Crippen molar-refractivity contribution in [2.45, 2.75) is 44.0 Å². The van der Waals surface area contributed by atoms with E-state index in [2.05, 4.69) is 35.7 Å². The Balaban J connectivity index is 1.46. The monoisotopic (exact) mass is 532 g/mol. The van der Waals surface area contributed by atoms with Gasteiger partial charge in [-0.15, -0.1) is 11.3 Å². The largest absolute Gasteiger partial charge is 0.330 e. The molecule has 0 bridgehead atoms. The zero-order valence-electron chi connectivity index (χ0n) is 21.3. The molecule has 192 valence electrons. The topological polar surface area (TPSA) is 57.7 Å². The number of unbranched alkanes of at least 4 members (excludes halogenated alkanes) is 1. The Kier molecular flexibility index (Phi) is 7.47. The number of sulfonamides is 1. The minimum absolute atomic E-state index is 0.164. The Morgan fingerprint density at radius 2 is 1.78 bits per heavy atom. The highest BCUT2D eigenvalue weighted by Crippen LogP contribution is 2.38. The first-order valence-electron chi connectivity index (χ1n) is 12.8. The molecular formula is C30H32N2O3S2. The van der Waals surface area contributed by atoms with Crippen molar-refractivity contribution in [3.63, 3.8) is 0 Å². The molecule has 1 aliphatic heterocycles. The molecule has 5 rings (SSSR count). The number of hydrogen-bond acceptors (Lipinski definition) is 4. The fourth-order valence-corrected chi connectivity index (χ4v) is 7.40. The summed E-state index contributed by atoms with van der Waals surface area (Å²) >= 11 is 1.72. The van der Waals surface area contributed by atoms with Crippen LogP contribution in [0.2, 0.25) is 0 Å². The number of carbonyl (C=O) groups is 1. The van der Waals surface area contributed by atoms with Crippen LogP contribution in [0.1, 0.15) is 47.4 Å². The quantitative estimate of drug-likeness (QED) is 0.273. The van der Waals surface area contributed by atoms with Gasteiger partial charge in [0.1, 0.15) is 0 Å². The molecular weight excluding hydrogens is 500 g/mol. The van der Waals surface area contributed by atoms with Gasteiger partial charge in [0.05, 0.1) is 17.5 Å². The van der Waals surface area contributed by atoms with E-state index >= 15 is 0 Å². The van der Waals surface area contributed by atoms with Crippen molar-refractivity contribution in [1.29, 1.82) is 0 Å². The third-order valence-electron chi connectivity index (χ3n) is 7.11. The predicted molar refractivity (Wildman–Crippen MR) is 150 cm³/mol. The maximum absolute atomic E-state index is 13.9. The second-order valence-electron chi connectivity index (χ2n) is 9.65. The maximum atomic E-state index is 13.9. The van der Waals surface area contributed by atoms with Gasteiger partial charge in [-0.2, -0.15) is 4.31 Å². The van der Waals surface area contributed by atoms with Crippen LogP contribution >= 0.6 is 11.3 Å². The standard InChI is InChI=1S/C30H32N2O3S2/c1-3-4-17-31(37(34,35)26-14-13-23-7-5-6-8-25(23)20-26)21-29(33)32-18-15-28-27(16-19-36-28)30(32)24-11-9-22(2)10-12-24/h5-14,16,19-20,30H,3-4,15,17-18,21H2,1-2H3. The number of amides is 1. The molecule has 0 saturated carbocycles. The van der Waals surface area contributed by atoms with Gasteiger partial charge < -0.3 is 4.90 Å². The lowest BCUT2D eigenvalue weighted by atomic mass is 9.92. The number of rotatable bonds is 8. The van der Waals surface area contributed by atoms with Crippen LogP contribution < -0.4 is 0 Å². The fraction of sp³-hybridized carbons (Fsp3) is 0.300. The van der Waals surface area contributed by atoms with Crippen molar-refractivity contribution in [2.75, 3.05) is 19.6 Å². The molecule has 1 unspecified atom stereocenters. The summed E-state index contributed by atoms with van der Waals surface area (Å²) in [5.74, 6) is -0.164. The highest BCUT2D eigenvalue weighted by molar-refractivity contribution is 7.89. The van der Waals surface area contributed by atoms with Gasteiger partial charge in [-0.1, -0.05) is 73.5 Å². The van der Waals surface area contributed by atoms with E-state index in [9.17, 15) is 13.2 Å². The van der Waals surface area contributed by atoms with Crippen LogP contribution in [0.25, 0.3) is 10.8 Å². The Bertz CT molecular complexity index is 1510. The summed E-state index contributed by atoms with van der Waals surface area (Å²) in [6.45, 7) is 4.79. The summed E-state index contributed by atoms with van der Waals surface area (Å²) in [7, 11) is -3.85. The van der Waals surface area contributed by atoms with E-state index in [1.54, 1.807) is 23.5 Å². The average Bonchev–Trinajstić information content (AvgIpc) is 3.39. The van der Waals surface area contributed by atoms with E-state index in [1.807, 2.05) is 49.1 Å². The van der Waals surface area contributed by atoms with Crippen LogP contribution in [0.5, 0.6) is 0 Å². The molecule has 0 radical (unpaired) electrons. The second kappa shape index (κ2) is 10.8. The highest BCUT2D eigenvalue weighted by Gasteiger charge is 2.35. The number of carbonyl (C=O) groups excluding carboxylic acids is 1. The van der Waals surface area contributed by atoms with Crippen molar-refractivity contribution in [1.82, 2.24) is 9.21 Å². The lowest BCUT2D eigenvalue weighted by molar-refractivity contribution is -0.133. The lowest BCUT2D eigenvalue weighted by Gasteiger charge is -2.37. The molecule has 3 aromatic carbocycles. The summed E-state index contributed by atoms with van der Waals surface area (Å²) in [5.41, 5.74) is 3.36. The third-order valence-corrected chi connectivity index (χ3v) is 9.95. The van der Waals surface area contributed by atoms with Crippen molar-refractivity contribution in [3.8, 4) is 0 Å². The first-order chi connectivity index (χ1) is 17.9. The third kappa shape index (κ3) is 5.21. The van der Waals surface area contributed by atoms with Gasteiger partial charge in [0.25, 0.3) is 0 Å². The summed E-state index contributed by atoms with van der Waals surface area (Å²) in [5, 5.41) is 3.93. The first kappa shape index (κ1) is 25.6. The molecule has 0 aliphatic carbocycles. The maximum Gasteiger partial charge on any atom is 0.243 e. The lowest BCUT2D eigenvalue weighted by Crippen LogP contribution is -2.47. The van der Waals surface area contributed by atoms with Gasteiger partial charge in [-0.05, 0) is 65.2 Å². The van der Waals surface area contributed by atoms with Crippen LogP contribution in [0.3, 0.4) is 0 Å². The van der Waals surface area contributed by atoms with Gasteiger partial charge in [-0.3, -0.25) is 4.79 Å². The first-order valence-corrected chi connectivity index (χ1v) is 15.1. The van der Waals surface area contributed by atoms with E-state index in [0.29, 0.717) is 19.5 Å². The molecule has 0 saturated heterocycles. The van der Waals surface area contributed by atoms with E-state index in [4.69, 9.17) is 0 Å². The molecule has 1 atom stereocenters. The SMILES string of the molecule is CCCCN(CC(=O)N1CCc2sccc2C1c1ccc(C)cc1)S(=O)(=O)c1ccc2ccccc2c1. The summed E-state index contributed by atoms with van der Waals surface area (Å²) in [4.78, 5) is 17.3. The fourth-order valence-electron chi connectivity index (χ4n) is 5.03. The van der Waals surface area contributed by atoms with Gasteiger partial charge in [0.2, 0.25) is 15.9 Å². The van der Waals surface area contributed by atoms with E-state index in [-0.39, 0.29) is 23.4 Å². The zero-order valence-corrected chi connectivity index (χ0v) is 22.9. The number of fused-ring (bicyclic) bond motifs is 2. The van der Waals surface area contributed by atoms with E-state index in [0.717, 1.165) is 40.3 Å². The van der Waals surface area contributed by atoms with Gasteiger partial charge in [0, 0.05) is 18.0 Å². The molecule has 1 aromatic heterocycles. The molecule has 1 amide bonds. The van der Waals surface area contributed by atoms with Crippen LogP contribution in [-0.4, -0.2) is 43.2 Å². The smallest absolute Gasteiger partial charge is 0.243 e. The summed E-state index contributed by atoms with van der Waals surface area (Å²) < 4.78 is 29.0. The van der Waals surface area contributed by atoms with Gasteiger partial charge in [0.15, 0.2) is 0 Å². The molecule has 1 aliphatic rings. The Labute approximate surface area is 223 Å². The molecule has 7 heteroatoms. The van der Waals surface area contributed by atoms with Crippen LogP contribution in [0, 0.1) is 6.92 Å². The normalized spacial score (nSPS) is 15.8.